The fourth-order valence-corrected chi connectivity index (χ4v) is 1.04. The third-order valence-electron chi connectivity index (χ3n) is 1.70. The molecular weight excluding hydrogens is 172 g/mol. The van der Waals surface area contributed by atoms with Crippen LogP contribution in [0.4, 0.5) is 0 Å². The van der Waals surface area contributed by atoms with Gasteiger partial charge < -0.3 is 9.47 Å². The molecule has 1 saturated heterocycles. The van der Waals surface area contributed by atoms with Gasteiger partial charge in [0, 0.05) is 12.8 Å². The molecule has 0 unspecified atom stereocenters. The van der Waals surface area contributed by atoms with Gasteiger partial charge in [-0.25, -0.2) is 0 Å². The monoisotopic (exact) mass is 184 g/mol. The zero-order valence-corrected chi connectivity index (χ0v) is 7.32. The molecule has 0 aromatic carbocycles. The minimum absolute atomic E-state index is 0.334. The quantitative estimate of drug-likeness (QED) is 0.453. The molecule has 0 N–H and O–H groups in total. The maximum Gasteiger partial charge on any atom is 0.309 e. The minimum Gasteiger partial charge on any atom is -0.421 e. The number of carbonyl (C=O) groups is 2. The lowest BCUT2D eigenvalue weighted by Crippen LogP contribution is -2.20. The largest absolute Gasteiger partial charge is 0.421 e. The Morgan fingerprint density at radius 2 is 1.62 bits per heavy atom. The second kappa shape index (κ2) is 4.64. The summed E-state index contributed by atoms with van der Waals surface area (Å²) in [6.07, 6.45) is 2.37. The molecule has 0 atom stereocenters. The van der Waals surface area contributed by atoms with Gasteiger partial charge in [0.05, 0.1) is 0 Å². The van der Waals surface area contributed by atoms with Crippen LogP contribution in [0.3, 0.4) is 0 Å². The van der Waals surface area contributed by atoms with Gasteiger partial charge in [0.15, 0.2) is 0 Å². The normalized spacial score (nSPS) is 20.6. The van der Waals surface area contributed by atoms with Crippen LogP contribution in [0.2, 0.25) is 0 Å². The third kappa shape index (κ3) is 3.27. The van der Waals surface area contributed by atoms with Crippen molar-refractivity contribution in [2.24, 2.45) is 0 Å². The molecule has 0 amide bonds. The van der Waals surface area contributed by atoms with Gasteiger partial charge in [-0.05, 0) is 18.9 Å². The Labute approximate surface area is 76.5 Å². The molecular formula is C9H12O4. The molecule has 0 spiro atoms. The van der Waals surface area contributed by atoms with Crippen molar-refractivity contribution in [3.8, 4) is 0 Å². The maximum absolute atomic E-state index is 11.0. The van der Waals surface area contributed by atoms with Crippen LogP contribution < -0.4 is 0 Å². The predicted octanol–water partition coefficient (Wildman–Crippen LogP) is 1.16. The molecule has 0 aromatic heterocycles. The van der Waals surface area contributed by atoms with E-state index in [1.54, 1.807) is 0 Å². The number of esters is 2. The summed E-state index contributed by atoms with van der Waals surface area (Å²) in [7, 11) is 0. The van der Waals surface area contributed by atoms with Crippen LogP contribution in [-0.4, -0.2) is 18.2 Å². The summed E-state index contributed by atoms with van der Waals surface area (Å²) in [6.45, 7) is 3.40. The van der Waals surface area contributed by atoms with Crippen LogP contribution in [0.15, 0.2) is 12.7 Å². The van der Waals surface area contributed by atoms with Crippen LogP contribution in [0.25, 0.3) is 0 Å². The second-order valence-electron chi connectivity index (χ2n) is 2.79. The predicted molar refractivity (Wildman–Crippen MR) is 44.6 cm³/mol. The first-order valence-corrected chi connectivity index (χ1v) is 4.24. The number of cyclic esters (lactones) is 2. The van der Waals surface area contributed by atoms with Crippen molar-refractivity contribution < 1.29 is 19.1 Å². The van der Waals surface area contributed by atoms with Gasteiger partial charge in [-0.15, -0.1) is 0 Å². The molecule has 13 heavy (non-hydrogen) atoms. The van der Waals surface area contributed by atoms with E-state index in [1.807, 2.05) is 0 Å². The Kier molecular flexibility index (Phi) is 3.49. The van der Waals surface area contributed by atoms with Crippen molar-refractivity contribution in [1.29, 1.82) is 0 Å². The summed E-state index contributed by atoms with van der Waals surface area (Å²) in [6, 6.07) is 0. The van der Waals surface area contributed by atoms with Crippen LogP contribution >= 0.6 is 0 Å². The first-order valence-electron chi connectivity index (χ1n) is 4.24. The Bertz CT molecular complexity index is 202. The Hall–Kier alpha value is -1.32. The SMILES string of the molecule is C=CC1OC(=O)CCCCC(=O)O1. The molecule has 0 aliphatic carbocycles. The Morgan fingerprint density at radius 1 is 1.15 bits per heavy atom. The fraction of sp³-hybridized carbons (Fsp3) is 0.556. The molecule has 0 aromatic rings. The first-order chi connectivity index (χ1) is 6.22. The smallest absolute Gasteiger partial charge is 0.309 e. The van der Waals surface area contributed by atoms with Crippen LogP contribution in [0.5, 0.6) is 0 Å². The van der Waals surface area contributed by atoms with Crippen molar-refractivity contribution in [2.75, 3.05) is 0 Å². The van der Waals surface area contributed by atoms with Gasteiger partial charge in [-0.1, -0.05) is 6.58 Å². The number of hydrogen-bond donors (Lipinski definition) is 0. The highest BCUT2D eigenvalue weighted by atomic mass is 16.7. The van der Waals surface area contributed by atoms with Gasteiger partial charge in [-0.2, -0.15) is 0 Å². The molecule has 0 bridgehead atoms. The van der Waals surface area contributed by atoms with Gasteiger partial charge >= 0.3 is 11.9 Å². The third-order valence-corrected chi connectivity index (χ3v) is 1.70. The van der Waals surface area contributed by atoms with Crippen LogP contribution in [0, 0.1) is 0 Å². The lowest BCUT2D eigenvalue weighted by molar-refractivity contribution is -0.178. The average Bonchev–Trinajstić information content (AvgIpc) is 2.17. The van der Waals surface area contributed by atoms with E-state index in [2.05, 4.69) is 6.58 Å². The van der Waals surface area contributed by atoms with Crippen LogP contribution in [0.1, 0.15) is 25.7 Å². The van der Waals surface area contributed by atoms with Gasteiger partial charge in [0.2, 0.25) is 0 Å². The molecule has 1 heterocycles. The number of ether oxygens (including phenoxy) is 2. The molecule has 0 saturated carbocycles. The first kappa shape index (κ1) is 9.77. The Balaban J connectivity index is 2.57. The number of hydrogen-bond acceptors (Lipinski definition) is 4. The lowest BCUT2D eigenvalue weighted by Gasteiger charge is -2.12. The topological polar surface area (TPSA) is 52.6 Å². The highest BCUT2D eigenvalue weighted by Gasteiger charge is 2.17. The molecule has 4 nitrogen and oxygen atoms in total. The molecule has 4 heteroatoms. The molecule has 1 aliphatic rings. The summed E-state index contributed by atoms with van der Waals surface area (Å²) < 4.78 is 9.58. The summed E-state index contributed by atoms with van der Waals surface area (Å²) in [5.74, 6) is -0.695. The van der Waals surface area contributed by atoms with E-state index >= 15 is 0 Å². The summed E-state index contributed by atoms with van der Waals surface area (Å²) in [5, 5.41) is 0. The standard InChI is InChI=1S/C9H12O4/c1-2-9-12-7(10)5-3-4-6-8(11)13-9/h2,9H,1,3-6H2. The summed E-state index contributed by atoms with van der Waals surface area (Å²) >= 11 is 0. The highest BCUT2D eigenvalue weighted by molar-refractivity contribution is 5.72. The molecule has 1 aliphatic heterocycles. The molecule has 72 valence electrons. The van der Waals surface area contributed by atoms with E-state index in [4.69, 9.17) is 9.47 Å². The summed E-state index contributed by atoms with van der Waals surface area (Å²) in [4.78, 5) is 22.0. The van der Waals surface area contributed by atoms with Crippen molar-refractivity contribution in [2.45, 2.75) is 32.0 Å². The van der Waals surface area contributed by atoms with Gasteiger partial charge in [0.1, 0.15) is 0 Å². The van der Waals surface area contributed by atoms with Gasteiger partial charge in [-0.3, -0.25) is 9.59 Å². The average molecular weight is 184 g/mol. The zero-order chi connectivity index (χ0) is 9.68. The van der Waals surface area contributed by atoms with E-state index in [0.29, 0.717) is 25.7 Å². The lowest BCUT2D eigenvalue weighted by atomic mass is 10.2. The van der Waals surface area contributed by atoms with Crippen molar-refractivity contribution in [3.63, 3.8) is 0 Å². The summed E-state index contributed by atoms with van der Waals surface area (Å²) in [5.41, 5.74) is 0. The van der Waals surface area contributed by atoms with Crippen molar-refractivity contribution in [1.82, 2.24) is 0 Å². The zero-order valence-electron chi connectivity index (χ0n) is 7.32. The highest BCUT2D eigenvalue weighted by Crippen LogP contribution is 2.10. The second-order valence-corrected chi connectivity index (χ2v) is 2.79. The van der Waals surface area contributed by atoms with E-state index in [1.165, 1.54) is 6.08 Å². The van der Waals surface area contributed by atoms with Gasteiger partial charge in [0.25, 0.3) is 6.29 Å². The van der Waals surface area contributed by atoms with Crippen molar-refractivity contribution >= 4 is 11.9 Å². The molecule has 1 fully saturated rings. The minimum atomic E-state index is -0.918. The van der Waals surface area contributed by atoms with E-state index < -0.39 is 6.29 Å². The van der Waals surface area contributed by atoms with Crippen molar-refractivity contribution in [3.05, 3.63) is 12.7 Å². The number of carbonyl (C=O) groups excluding carboxylic acids is 2. The fourth-order valence-electron chi connectivity index (χ4n) is 1.04. The van der Waals surface area contributed by atoms with E-state index in [-0.39, 0.29) is 11.9 Å². The Morgan fingerprint density at radius 3 is 2.00 bits per heavy atom. The van der Waals surface area contributed by atoms with E-state index in [0.717, 1.165) is 0 Å². The molecule has 1 rings (SSSR count). The molecule has 0 radical (unpaired) electrons. The number of rotatable bonds is 1. The van der Waals surface area contributed by atoms with Crippen LogP contribution in [-0.2, 0) is 19.1 Å². The maximum atomic E-state index is 11.0. The van der Waals surface area contributed by atoms with E-state index in [9.17, 15) is 9.59 Å².